The van der Waals surface area contributed by atoms with Crippen molar-refractivity contribution in [3.63, 3.8) is 0 Å². The molecule has 4 heteroatoms. The first kappa shape index (κ1) is 13.3. The topological polar surface area (TPSA) is 35.6 Å². The van der Waals surface area contributed by atoms with Crippen LogP contribution in [0.2, 0.25) is 0 Å². The van der Waals surface area contributed by atoms with E-state index in [1.807, 2.05) is 25.7 Å². The van der Waals surface area contributed by atoms with Gasteiger partial charge in [0.2, 0.25) is 0 Å². The lowest BCUT2D eigenvalue weighted by molar-refractivity contribution is 0.116. The molecule has 96 valence electrons. The Bertz CT molecular complexity index is 243. The van der Waals surface area contributed by atoms with Crippen molar-refractivity contribution in [3.05, 3.63) is 0 Å². The molecule has 2 amide bonds. The second-order valence-corrected chi connectivity index (χ2v) is 5.80. The number of carbonyl (C=O) groups is 1. The van der Waals surface area contributed by atoms with E-state index < -0.39 is 0 Å². The van der Waals surface area contributed by atoms with Gasteiger partial charge in [0.1, 0.15) is 0 Å². The Morgan fingerprint density at radius 3 is 2.06 bits per heavy atom. The van der Waals surface area contributed by atoms with Gasteiger partial charge in [-0.2, -0.15) is 0 Å². The molecule has 1 fully saturated rings. The average Bonchev–Trinajstić information content (AvgIpc) is 2.15. The highest BCUT2D eigenvalue weighted by molar-refractivity contribution is 5.75. The van der Waals surface area contributed by atoms with Gasteiger partial charge < -0.3 is 10.2 Å². The van der Waals surface area contributed by atoms with Crippen LogP contribution < -0.4 is 5.32 Å². The van der Waals surface area contributed by atoms with Gasteiger partial charge >= 0.3 is 6.03 Å². The van der Waals surface area contributed by atoms with Crippen molar-refractivity contribution in [2.45, 2.75) is 46.2 Å². The molecule has 1 N–H and O–H groups in total. The second kappa shape index (κ2) is 5.04. The van der Waals surface area contributed by atoms with Crippen molar-refractivity contribution in [3.8, 4) is 0 Å². The number of hydrogen-bond acceptors (Lipinski definition) is 2. The molecule has 0 saturated carbocycles. The molecule has 4 nitrogen and oxygen atoms in total. The van der Waals surface area contributed by atoms with Crippen molar-refractivity contribution in [1.82, 2.24) is 15.1 Å². The van der Waals surface area contributed by atoms with Crippen LogP contribution in [-0.4, -0.2) is 53.6 Å². The number of nitrogens with one attached hydrogen (secondary N) is 1. The minimum atomic E-state index is -0.147. The highest BCUT2D eigenvalue weighted by atomic mass is 16.2. The quantitative estimate of drug-likeness (QED) is 0.744. The van der Waals surface area contributed by atoms with Gasteiger partial charge in [-0.25, -0.2) is 4.79 Å². The minimum Gasteiger partial charge on any atom is -0.333 e. The smallest absolute Gasteiger partial charge is 0.317 e. The molecular formula is C12H27N3O. The van der Waals surface area contributed by atoms with Crippen LogP contribution in [0, 0.1) is 0 Å². The molecular weight excluding hydrogens is 202 g/mol. The van der Waals surface area contributed by atoms with Crippen molar-refractivity contribution in [2.24, 2.45) is 0 Å². The summed E-state index contributed by atoms with van der Waals surface area (Å²) in [5, 5.41) is 3.00. The van der Waals surface area contributed by atoms with E-state index >= 15 is 0 Å². The number of rotatable bonds is 1. The summed E-state index contributed by atoms with van der Waals surface area (Å²) in [6.07, 6.45) is 0. The van der Waals surface area contributed by atoms with Crippen molar-refractivity contribution >= 4 is 6.03 Å². The van der Waals surface area contributed by atoms with Gasteiger partial charge in [0.15, 0.2) is 0 Å². The van der Waals surface area contributed by atoms with Gasteiger partial charge in [0.05, 0.1) is 0 Å². The summed E-state index contributed by atoms with van der Waals surface area (Å²) >= 11 is 0. The molecule has 16 heavy (non-hydrogen) atoms. The Labute approximate surface area is 100 Å². The van der Waals surface area contributed by atoms with Crippen LogP contribution in [0.1, 0.15) is 36.0 Å². The molecule has 0 radical (unpaired) electrons. The van der Waals surface area contributed by atoms with Gasteiger partial charge in [-0.15, -0.1) is 0 Å². The maximum absolute atomic E-state index is 11.9. The molecule has 0 aromatic rings. The van der Waals surface area contributed by atoms with E-state index in [0.717, 1.165) is 26.2 Å². The summed E-state index contributed by atoms with van der Waals surface area (Å²) < 4.78 is 0. The molecule has 1 saturated heterocycles. The predicted molar refractivity (Wildman–Crippen MR) is 68.7 cm³/mol. The maximum atomic E-state index is 11.9. The molecule has 1 aliphatic rings. The zero-order valence-corrected chi connectivity index (χ0v) is 11.2. The Hall–Kier alpha value is -0.770. The summed E-state index contributed by atoms with van der Waals surface area (Å²) in [7, 11) is 0. The first-order valence-corrected chi connectivity index (χ1v) is 6.11. The lowest BCUT2D eigenvalue weighted by Gasteiger charge is -2.38. The summed E-state index contributed by atoms with van der Waals surface area (Å²) in [5.74, 6) is 0. The number of nitrogens with zero attached hydrogens (tertiary/aromatic N) is 2. The van der Waals surface area contributed by atoms with Gasteiger partial charge in [-0.3, -0.25) is 4.90 Å². The van der Waals surface area contributed by atoms with E-state index in [-0.39, 0.29) is 13.0 Å². The minimum absolute atomic E-state index is 0. The lowest BCUT2D eigenvalue weighted by Crippen LogP contribution is -2.56. The molecule has 0 aromatic carbocycles. The number of piperazine rings is 1. The fraction of sp³-hybridized carbons (Fsp3) is 0.917. The van der Waals surface area contributed by atoms with Crippen LogP contribution in [0.3, 0.4) is 0 Å². The molecule has 0 spiro atoms. The monoisotopic (exact) mass is 229 g/mol. The van der Waals surface area contributed by atoms with E-state index in [4.69, 9.17) is 0 Å². The van der Waals surface area contributed by atoms with Gasteiger partial charge in [-0.1, -0.05) is 0 Å². The first-order chi connectivity index (χ1) is 7.29. The van der Waals surface area contributed by atoms with E-state index in [1.54, 1.807) is 0 Å². The zero-order valence-electron chi connectivity index (χ0n) is 11.2. The van der Waals surface area contributed by atoms with Gasteiger partial charge in [0.25, 0.3) is 0 Å². The summed E-state index contributed by atoms with van der Waals surface area (Å²) in [4.78, 5) is 16.2. The fourth-order valence-corrected chi connectivity index (χ4v) is 1.84. The van der Waals surface area contributed by atoms with E-state index in [2.05, 4.69) is 24.1 Å². The Morgan fingerprint density at radius 1 is 1.19 bits per heavy atom. The predicted octanol–water partition coefficient (Wildman–Crippen LogP) is 1.77. The van der Waals surface area contributed by atoms with E-state index in [9.17, 15) is 4.79 Å². The van der Waals surface area contributed by atoms with E-state index in [1.165, 1.54) is 0 Å². The van der Waals surface area contributed by atoms with Crippen LogP contribution in [0.25, 0.3) is 0 Å². The SMILES string of the molecule is CC(C)N1CCN(C(=O)NC(C)(C)C)CC1.[HH]. The molecule has 0 bridgehead atoms. The van der Waals surface area contributed by atoms with Crippen LogP contribution in [0.5, 0.6) is 0 Å². The standard InChI is InChI=1S/C12H25N3O.H2/c1-10(2)14-6-8-15(9-7-14)11(16)13-12(3,4)5;/h10H,6-9H2,1-5H3,(H,13,16);1H. The Kier molecular flexibility index (Phi) is 4.19. The molecule has 1 rings (SSSR count). The van der Waals surface area contributed by atoms with Crippen LogP contribution >= 0.6 is 0 Å². The highest BCUT2D eigenvalue weighted by Crippen LogP contribution is 2.07. The van der Waals surface area contributed by atoms with Gasteiger partial charge in [-0.05, 0) is 34.6 Å². The largest absolute Gasteiger partial charge is 0.333 e. The van der Waals surface area contributed by atoms with E-state index in [0.29, 0.717) is 6.04 Å². The fourth-order valence-electron chi connectivity index (χ4n) is 1.84. The number of hydrogen-bond donors (Lipinski definition) is 1. The molecule has 0 atom stereocenters. The second-order valence-electron chi connectivity index (χ2n) is 5.80. The molecule has 0 aliphatic carbocycles. The van der Waals surface area contributed by atoms with Crippen LogP contribution in [0.15, 0.2) is 0 Å². The van der Waals surface area contributed by atoms with Crippen LogP contribution in [-0.2, 0) is 0 Å². The number of carbonyl (C=O) groups excluding carboxylic acids is 1. The average molecular weight is 229 g/mol. The summed E-state index contributed by atoms with van der Waals surface area (Å²) in [6.45, 7) is 14.1. The van der Waals surface area contributed by atoms with Crippen molar-refractivity contribution in [2.75, 3.05) is 26.2 Å². The maximum Gasteiger partial charge on any atom is 0.317 e. The lowest BCUT2D eigenvalue weighted by atomic mass is 10.1. The number of urea groups is 1. The molecule has 0 aromatic heterocycles. The molecule has 1 aliphatic heterocycles. The normalized spacial score (nSPS) is 19.0. The zero-order chi connectivity index (χ0) is 12.3. The first-order valence-electron chi connectivity index (χ1n) is 6.11. The summed E-state index contributed by atoms with van der Waals surface area (Å²) in [6, 6.07) is 0.642. The third kappa shape index (κ3) is 4.00. The number of amides is 2. The highest BCUT2D eigenvalue weighted by Gasteiger charge is 2.24. The molecule has 0 unspecified atom stereocenters. The summed E-state index contributed by atoms with van der Waals surface area (Å²) in [5.41, 5.74) is -0.147. The van der Waals surface area contributed by atoms with Gasteiger partial charge in [0, 0.05) is 39.2 Å². The van der Waals surface area contributed by atoms with Crippen molar-refractivity contribution in [1.29, 1.82) is 0 Å². The molecule has 1 heterocycles. The third-order valence-electron chi connectivity index (χ3n) is 2.81. The van der Waals surface area contributed by atoms with Crippen molar-refractivity contribution < 1.29 is 6.22 Å². The third-order valence-corrected chi connectivity index (χ3v) is 2.81. The Balaban J connectivity index is 0.00000256. The Morgan fingerprint density at radius 2 is 1.69 bits per heavy atom. The van der Waals surface area contributed by atoms with Crippen LogP contribution in [0.4, 0.5) is 4.79 Å².